The average Bonchev–Trinajstić information content (AvgIpc) is 2.77. The maximum atomic E-state index is 6.27. The molecule has 1 unspecified atom stereocenters. The van der Waals surface area contributed by atoms with Crippen LogP contribution in [0, 0.1) is 0 Å². The Balaban J connectivity index is 1.74. The molecule has 0 radical (unpaired) electrons. The molecule has 3 aromatic rings. The van der Waals surface area contributed by atoms with Crippen LogP contribution in [0.2, 0.25) is 10.0 Å². The van der Waals surface area contributed by atoms with Gasteiger partial charge < -0.3 is 14.8 Å². The molecule has 3 aromatic carbocycles. The van der Waals surface area contributed by atoms with Crippen LogP contribution in [0.1, 0.15) is 42.5 Å². The molecular formula is C25H26BrCl2NO2. The predicted octanol–water partition coefficient (Wildman–Crippen LogP) is 7.97. The fourth-order valence-electron chi connectivity index (χ4n) is 3.43. The SMILES string of the molecule is CCCC(NCc1cc(Br)c(OCc2c(Cl)cccc2Cl)c(OC)c1)c1ccccc1. The van der Waals surface area contributed by atoms with E-state index >= 15 is 0 Å². The quantitative estimate of drug-likeness (QED) is 0.292. The number of hydrogen-bond acceptors (Lipinski definition) is 3. The Bertz CT molecular complexity index is 978. The fourth-order valence-corrected chi connectivity index (χ4v) is 4.54. The van der Waals surface area contributed by atoms with Gasteiger partial charge in [0, 0.05) is 28.2 Å². The highest BCUT2D eigenvalue weighted by molar-refractivity contribution is 9.10. The largest absolute Gasteiger partial charge is 0.493 e. The standard InChI is InChI=1S/C25H26BrCl2NO2/c1-3-8-23(18-9-5-4-6-10-18)29-15-17-13-20(26)25(24(14-17)30-2)31-16-19-21(27)11-7-12-22(19)28/h4-7,9-14,23,29H,3,8,15-16H2,1-2H3. The molecule has 0 aliphatic carbocycles. The van der Waals surface area contributed by atoms with Crippen molar-refractivity contribution in [3.05, 3.63) is 91.9 Å². The third-order valence-electron chi connectivity index (χ3n) is 5.04. The zero-order chi connectivity index (χ0) is 22.2. The normalized spacial score (nSPS) is 11.9. The van der Waals surface area contributed by atoms with E-state index in [2.05, 4.69) is 52.4 Å². The molecule has 0 aliphatic heterocycles. The summed E-state index contributed by atoms with van der Waals surface area (Å²) in [5.41, 5.74) is 3.15. The molecule has 1 atom stereocenters. The van der Waals surface area contributed by atoms with E-state index in [0.29, 0.717) is 34.1 Å². The van der Waals surface area contributed by atoms with Crippen molar-refractivity contribution in [3.63, 3.8) is 0 Å². The Kier molecular flexibility index (Phi) is 9.09. The summed E-state index contributed by atoms with van der Waals surface area (Å²) in [6.45, 7) is 3.16. The smallest absolute Gasteiger partial charge is 0.175 e. The first-order valence-corrected chi connectivity index (χ1v) is 11.8. The topological polar surface area (TPSA) is 30.5 Å². The van der Waals surface area contributed by atoms with Crippen molar-refractivity contribution in [1.29, 1.82) is 0 Å². The Morgan fingerprint density at radius 3 is 2.35 bits per heavy atom. The van der Waals surface area contributed by atoms with Gasteiger partial charge in [0.2, 0.25) is 0 Å². The van der Waals surface area contributed by atoms with Gasteiger partial charge in [-0.2, -0.15) is 0 Å². The number of benzene rings is 3. The molecule has 0 spiro atoms. The summed E-state index contributed by atoms with van der Waals surface area (Å²) >= 11 is 16.2. The van der Waals surface area contributed by atoms with Crippen molar-refractivity contribution in [2.45, 2.75) is 39.0 Å². The zero-order valence-corrected chi connectivity index (χ0v) is 20.7. The van der Waals surface area contributed by atoms with Gasteiger partial charge in [-0.25, -0.2) is 0 Å². The van der Waals surface area contributed by atoms with Crippen LogP contribution in [0.25, 0.3) is 0 Å². The summed E-state index contributed by atoms with van der Waals surface area (Å²) in [5, 5.41) is 4.82. The second-order valence-electron chi connectivity index (χ2n) is 7.23. The van der Waals surface area contributed by atoms with E-state index in [1.54, 1.807) is 19.2 Å². The molecule has 31 heavy (non-hydrogen) atoms. The van der Waals surface area contributed by atoms with Crippen LogP contribution in [-0.2, 0) is 13.2 Å². The monoisotopic (exact) mass is 521 g/mol. The summed E-state index contributed by atoms with van der Waals surface area (Å²) in [6.07, 6.45) is 2.18. The molecule has 3 rings (SSSR count). The van der Waals surface area contributed by atoms with Gasteiger partial charge in [0.15, 0.2) is 11.5 Å². The second-order valence-corrected chi connectivity index (χ2v) is 8.90. The highest BCUT2D eigenvalue weighted by Crippen LogP contribution is 2.38. The summed E-state index contributed by atoms with van der Waals surface area (Å²) in [5.74, 6) is 1.27. The van der Waals surface area contributed by atoms with Crippen LogP contribution in [0.4, 0.5) is 0 Å². The number of halogens is 3. The number of hydrogen-bond donors (Lipinski definition) is 1. The van der Waals surface area contributed by atoms with Crippen LogP contribution < -0.4 is 14.8 Å². The van der Waals surface area contributed by atoms with Crippen LogP contribution in [-0.4, -0.2) is 7.11 Å². The molecule has 0 fully saturated rings. The lowest BCUT2D eigenvalue weighted by molar-refractivity contribution is 0.282. The van der Waals surface area contributed by atoms with E-state index in [1.807, 2.05) is 24.3 Å². The number of ether oxygens (including phenoxy) is 2. The van der Waals surface area contributed by atoms with E-state index in [4.69, 9.17) is 32.7 Å². The molecule has 0 heterocycles. The van der Waals surface area contributed by atoms with Crippen molar-refractivity contribution in [3.8, 4) is 11.5 Å². The van der Waals surface area contributed by atoms with Crippen molar-refractivity contribution >= 4 is 39.1 Å². The van der Waals surface area contributed by atoms with Gasteiger partial charge in [-0.3, -0.25) is 0 Å². The van der Waals surface area contributed by atoms with Gasteiger partial charge in [-0.15, -0.1) is 0 Å². The highest BCUT2D eigenvalue weighted by Gasteiger charge is 2.15. The third-order valence-corrected chi connectivity index (χ3v) is 6.34. The predicted molar refractivity (Wildman–Crippen MR) is 132 cm³/mol. The molecule has 0 aliphatic rings. The summed E-state index contributed by atoms with van der Waals surface area (Å²) in [6, 6.07) is 20.3. The average molecular weight is 523 g/mol. The minimum Gasteiger partial charge on any atom is -0.493 e. The molecular weight excluding hydrogens is 497 g/mol. The summed E-state index contributed by atoms with van der Waals surface area (Å²) in [4.78, 5) is 0. The zero-order valence-electron chi connectivity index (χ0n) is 17.6. The number of rotatable bonds is 10. The van der Waals surface area contributed by atoms with Gasteiger partial charge in [0.1, 0.15) is 6.61 Å². The van der Waals surface area contributed by atoms with E-state index in [-0.39, 0.29) is 6.61 Å². The number of nitrogens with one attached hydrogen (secondary N) is 1. The van der Waals surface area contributed by atoms with Crippen molar-refractivity contribution < 1.29 is 9.47 Å². The minimum atomic E-state index is 0.248. The number of methoxy groups -OCH3 is 1. The van der Waals surface area contributed by atoms with E-state index in [0.717, 1.165) is 28.4 Å². The van der Waals surface area contributed by atoms with E-state index < -0.39 is 0 Å². The van der Waals surface area contributed by atoms with Gasteiger partial charge in [0.25, 0.3) is 0 Å². The molecule has 1 N–H and O–H groups in total. The van der Waals surface area contributed by atoms with Gasteiger partial charge in [0.05, 0.1) is 11.6 Å². The van der Waals surface area contributed by atoms with Crippen molar-refractivity contribution in [1.82, 2.24) is 5.32 Å². The summed E-state index contributed by atoms with van der Waals surface area (Å²) < 4.78 is 12.5. The Morgan fingerprint density at radius 1 is 1.00 bits per heavy atom. The minimum absolute atomic E-state index is 0.248. The van der Waals surface area contributed by atoms with Crippen molar-refractivity contribution in [2.24, 2.45) is 0 Å². The molecule has 0 aromatic heterocycles. The molecule has 164 valence electrons. The maximum Gasteiger partial charge on any atom is 0.175 e. The lowest BCUT2D eigenvalue weighted by Gasteiger charge is -2.20. The van der Waals surface area contributed by atoms with Crippen LogP contribution in [0.5, 0.6) is 11.5 Å². The molecule has 6 heteroatoms. The van der Waals surface area contributed by atoms with Gasteiger partial charge in [-0.05, 0) is 57.7 Å². The molecule has 0 amide bonds. The highest BCUT2D eigenvalue weighted by atomic mass is 79.9. The van der Waals surface area contributed by atoms with Crippen LogP contribution >= 0.6 is 39.1 Å². The molecule has 0 saturated carbocycles. The lowest BCUT2D eigenvalue weighted by Crippen LogP contribution is -2.20. The van der Waals surface area contributed by atoms with E-state index in [9.17, 15) is 0 Å². The molecule has 0 bridgehead atoms. The third kappa shape index (κ3) is 6.39. The lowest BCUT2D eigenvalue weighted by atomic mass is 10.0. The molecule has 3 nitrogen and oxygen atoms in total. The van der Waals surface area contributed by atoms with Crippen LogP contribution in [0.3, 0.4) is 0 Å². The van der Waals surface area contributed by atoms with E-state index in [1.165, 1.54) is 5.56 Å². The Hall–Kier alpha value is -1.72. The fraction of sp³-hybridized carbons (Fsp3) is 0.280. The second kappa shape index (κ2) is 11.8. The summed E-state index contributed by atoms with van der Waals surface area (Å²) in [7, 11) is 1.64. The first-order chi connectivity index (χ1) is 15.0. The Morgan fingerprint density at radius 2 is 1.71 bits per heavy atom. The Labute approximate surface area is 202 Å². The first kappa shape index (κ1) is 23.9. The van der Waals surface area contributed by atoms with Crippen LogP contribution in [0.15, 0.2) is 65.1 Å². The maximum absolute atomic E-state index is 6.27. The van der Waals surface area contributed by atoms with Crippen molar-refractivity contribution in [2.75, 3.05) is 7.11 Å². The van der Waals surface area contributed by atoms with Gasteiger partial charge in [-0.1, -0.05) is 72.9 Å². The molecule has 0 saturated heterocycles. The first-order valence-electron chi connectivity index (χ1n) is 10.2. The van der Waals surface area contributed by atoms with Gasteiger partial charge >= 0.3 is 0 Å².